The lowest BCUT2D eigenvalue weighted by atomic mass is 10.0. The Morgan fingerprint density at radius 2 is 0.457 bits per heavy atom. The molecule has 0 bridgehead atoms. The van der Waals surface area contributed by atoms with Crippen molar-refractivity contribution >= 4 is 39.5 Å². The number of rotatable bonds is 70. The second-order valence-electron chi connectivity index (χ2n) is 28.2. The minimum absolute atomic E-state index is 0.103. The summed E-state index contributed by atoms with van der Waals surface area (Å²) in [5.41, 5.74) is 0. The van der Waals surface area contributed by atoms with Gasteiger partial charge < -0.3 is 33.8 Å². The molecule has 0 heterocycles. The van der Waals surface area contributed by atoms with E-state index in [0.717, 1.165) is 108 Å². The van der Waals surface area contributed by atoms with E-state index >= 15 is 0 Å². The standard InChI is InChI=1S/C73H142O17P2/c1-63(2)49-41-33-25-20-17-15-13-11-9-10-12-14-16-18-22-28-37-45-53-70(75)83-59-68(90-73(78)56-48-40-30-24-27-35-43-51-65(5)6)61-87-91(79,80)85-57-67(74)58-86-92(81,82)88-62-69(60-84-71(76)54-46-38-32-31-36-44-52-66(7)8)89-72(77)55-47-39-29-23-19-21-26-34-42-50-64(3)4/h63-69,74H,9-62H2,1-8H3,(H,79,80)(H,81,82)/t67-,68-,69-/m1/s1. The Labute approximate surface area is 562 Å². The van der Waals surface area contributed by atoms with Crippen molar-refractivity contribution in [2.75, 3.05) is 39.6 Å². The lowest BCUT2D eigenvalue weighted by Gasteiger charge is -2.21. The maximum absolute atomic E-state index is 13.0. The van der Waals surface area contributed by atoms with Crippen LogP contribution >= 0.6 is 15.6 Å². The number of carbonyl (C=O) groups is 4. The third-order valence-electron chi connectivity index (χ3n) is 16.8. The predicted octanol–water partition coefficient (Wildman–Crippen LogP) is 20.9. The Bertz CT molecular complexity index is 1820. The molecule has 0 radical (unpaired) electrons. The number of hydrogen-bond acceptors (Lipinski definition) is 15. The molecule has 0 aromatic rings. The van der Waals surface area contributed by atoms with Crippen LogP contribution in [0.3, 0.4) is 0 Å². The van der Waals surface area contributed by atoms with Crippen LogP contribution in [-0.2, 0) is 65.4 Å². The van der Waals surface area contributed by atoms with Crippen molar-refractivity contribution in [1.82, 2.24) is 0 Å². The van der Waals surface area contributed by atoms with Gasteiger partial charge in [0.2, 0.25) is 0 Å². The number of aliphatic hydroxyl groups is 1. The molecule has 19 heteroatoms. The minimum Gasteiger partial charge on any atom is -0.462 e. The molecule has 0 fully saturated rings. The molecule has 0 rings (SSSR count). The van der Waals surface area contributed by atoms with Crippen molar-refractivity contribution in [3.63, 3.8) is 0 Å². The van der Waals surface area contributed by atoms with Crippen LogP contribution in [0.5, 0.6) is 0 Å². The molecular weight excluding hydrogens is 1210 g/mol. The molecule has 0 aromatic carbocycles. The fraction of sp³-hybridized carbons (Fsp3) is 0.945. The fourth-order valence-corrected chi connectivity index (χ4v) is 12.6. The molecule has 0 spiro atoms. The summed E-state index contributed by atoms with van der Waals surface area (Å²) in [6, 6.07) is 0. The van der Waals surface area contributed by atoms with Crippen molar-refractivity contribution in [2.45, 2.75) is 382 Å². The molecule has 0 saturated carbocycles. The molecule has 546 valence electrons. The smallest absolute Gasteiger partial charge is 0.462 e. The van der Waals surface area contributed by atoms with E-state index in [2.05, 4.69) is 55.4 Å². The Kier molecular flexibility index (Phi) is 61.3. The van der Waals surface area contributed by atoms with Gasteiger partial charge in [-0.1, -0.05) is 312 Å². The molecule has 92 heavy (non-hydrogen) atoms. The second kappa shape index (κ2) is 62.6. The first-order valence-electron chi connectivity index (χ1n) is 37.7. The van der Waals surface area contributed by atoms with E-state index in [4.69, 9.17) is 37.0 Å². The van der Waals surface area contributed by atoms with Crippen LogP contribution in [0.15, 0.2) is 0 Å². The van der Waals surface area contributed by atoms with Gasteiger partial charge in [-0.15, -0.1) is 0 Å². The highest BCUT2D eigenvalue weighted by Crippen LogP contribution is 2.45. The van der Waals surface area contributed by atoms with Gasteiger partial charge in [-0.2, -0.15) is 0 Å². The Morgan fingerprint density at radius 1 is 0.272 bits per heavy atom. The zero-order valence-corrected chi connectivity index (χ0v) is 62.0. The van der Waals surface area contributed by atoms with Crippen LogP contribution in [0.25, 0.3) is 0 Å². The van der Waals surface area contributed by atoms with Gasteiger partial charge in [0, 0.05) is 25.7 Å². The summed E-state index contributed by atoms with van der Waals surface area (Å²) in [6.45, 7) is 14.0. The molecule has 0 aromatic heterocycles. The third kappa shape index (κ3) is 66.7. The first-order valence-corrected chi connectivity index (χ1v) is 40.7. The number of unbranched alkanes of at least 4 members (excludes halogenated alkanes) is 36. The molecular formula is C73H142O17P2. The van der Waals surface area contributed by atoms with Crippen molar-refractivity contribution in [3.8, 4) is 0 Å². The number of aliphatic hydroxyl groups excluding tert-OH is 1. The average Bonchev–Trinajstić information content (AvgIpc) is 2.74. The summed E-state index contributed by atoms with van der Waals surface area (Å²) in [4.78, 5) is 72.5. The molecule has 0 saturated heterocycles. The van der Waals surface area contributed by atoms with E-state index in [-0.39, 0.29) is 25.7 Å². The van der Waals surface area contributed by atoms with Gasteiger partial charge >= 0.3 is 39.5 Å². The highest BCUT2D eigenvalue weighted by Gasteiger charge is 2.30. The quantitative estimate of drug-likeness (QED) is 0.0222. The summed E-state index contributed by atoms with van der Waals surface area (Å²) in [5, 5.41) is 10.6. The molecule has 2 unspecified atom stereocenters. The van der Waals surface area contributed by atoms with Crippen LogP contribution in [0.2, 0.25) is 0 Å². The first kappa shape index (κ1) is 90.1. The largest absolute Gasteiger partial charge is 0.472 e. The monoisotopic (exact) mass is 1350 g/mol. The topological polar surface area (TPSA) is 237 Å². The Morgan fingerprint density at radius 3 is 0.674 bits per heavy atom. The molecule has 0 aliphatic heterocycles. The SMILES string of the molecule is CC(C)CCCCCCCCCCCCCCCCCCCCC(=O)OC[C@H](COP(=O)(O)OC[C@@H](O)COP(=O)(O)OC[C@@H](COC(=O)CCCCCCCCC(C)C)OC(=O)CCCCCCCCCCCC(C)C)OC(=O)CCCCCCCCCC(C)C. The van der Waals surface area contributed by atoms with E-state index in [9.17, 15) is 43.2 Å². The number of phosphoric acid groups is 2. The van der Waals surface area contributed by atoms with Gasteiger partial charge in [-0.05, 0) is 49.4 Å². The molecule has 0 aliphatic carbocycles. The van der Waals surface area contributed by atoms with Crippen LogP contribution < -0.4 is 0 Å². The predicted molar refractivity (Wildman–Crippen MR) is 372 cm³/mol. The fourth-order valence-electron chi connectivity index (χ4n) is 11.0. The maximum atomic E-state index is 13.0. The third-order valence-corrected chi connectivity index (χ3v) is 18.7. The number of esters is 4. The van der Waals surface area contributed by atoms with Gasteiger partial charge in [-0.3, -0.25) is 37.3 Å². The van der Waals surface area contributed by atoms with Crippen molar-refractivity contribution in [3.05, 3.63) is 0 Å². The Hall–Kier alpha value is -1.94. The van der Waals surface area contributed by atoms with Gasteiger partial charge in [0.25, 0.3) is 0 Å². The lowest BCUT2D eigenvalue weighted by Crippen LogP contribution is -2.30. The lowest BCUT2D eigenvalue weighted by molar-refractivity contribution is -0.161. The van der Waals surface area contributed by atoms with Crippen LogP contribution in [0, 0.1) is 23.7 Å². The minimum atomic E-state index is -4.95. The van der Waals surface area contributed by atoms with Crippen molar-refractivity contribution < 1.29 is 80.2 Å². The van der Waals surface area contributed by atoms with Gasteiger partial charge in [0.05, 0.1) is 26.4 Å². The zero-order chi connectivity index (χ0) is 68.2. The number of carbonyl (C=O) groups excluding carboxylic acids is 4. The van der Waals surface area contributed by atoms with E-state index in [0.29, 0.717) is 37.5 Å². The zero-order valence-electron chi connectivity index (χ0n) is 60.2. The average molecular weight is 1350 g/mol. The molecule has 5 atom stereocenters. The number of hydrogen-bond donors (Lipinski definition) is 3. The first-order chi connectivity index (χ1) is 44.1. The second-order valence-corrected chi connectivity index (χ2v) is 31.1. The summed E-state index contributed by atoms with van der Waals surface area (Å²) in [6.07, 6.45) is 46.3. The maximum Gasteiger partial charge on any atom is 0.472 e. The highest BCUT2D eigenvalue weighted by molar-refractivity contribution is 7.47. The molecule has 17 nitrogen and oxygen atoms in total. The number of ether oxygens (including phenoxy) is 4. The molecule has 0 amide bonds. The van der Waals surface area contributed by atoms with E-state index in [1.807, 2.05) is 0 Å². The van der Waals surface area contributed by atoms with Crippen LogP contribution in [-0.4, -0.2) is 96.7 Å². The Balaban J connectivity index is 5.13. The van der Waals surface area contributed by atoms with E-state index in [1.54, 1.807) is 0 Å². The summed E-state index contributed by atoms with van der Waals surface area (Å²) < 4.78 is 68.3. The summed E-state index contributed by atoms with van der Waals surface area (Å²) in [5.74, 6) is 0.803. The van der Waals surface area contributed by atoms with Crippen LogP contribution in [0.4, 0.5) is 0 Å². The van der Waals surface area contributed by atoms with E-state index < -0.39 is 97.5 Å². The van der Waals surface area contributed by atoms with Gasteiger partial charge in [-0.25, -0.2) is 9.13 Å². The van der Waals surface area contributed by atoms with Crippen molar-refractivity contribution in [2.24, 2.45) is 23.7 Å². The summed E-state index contributed by atoms with van der Waals surface area (Å²) >= 11 is 0. The number of phosphoric ester groups is 2. The molecule has 0 aliphatic rings. The van der Waals surface area contributed by atoms with E-state index in [1.165, 1.54) is 161 Å². The normalized spacial score (nSPS) is 14.2. The van der Waals surface area contributed by atoms with Gasteiger partial charge in [0.1, 0.15) is 19.3 Å². The highest BCUT2D eigenvalue weighted by atomic mass is 31.2. The summed E-state index contributed by atoms with van der Waals surface area (Å²) in [7, 11) is -9.90. The van der Waals surface area contributed by atoms with Gasteiger partial charge in [0.15, 0.2) is 12.2 Å². The van der Waals surface area contributed by atoms with Crippen LogP contribution in [0.1, 0.15) is 364 Å². The van der Waals surface area contributed by atoms with Crippen molar-refractivity contribution in [1.29, 1.82) is 0 Å². The molecule has 3 N–H and O–H groups in total.